The Kier molecular flexibility index (Phi) is 4.92. The molecule has 0 aliphatic rings. The van der Waals surface area contributed by atoms with Crippen LogP contribution in [0.3, 0.4) is 0 Å². The summed E-state index contributed by atoms with van der Waals surface area (Å²) in [6.07, 6.45) is 0. The van der Waals surface area contributed by atoms with Gasteiger partial charge in [0.15, 0.2) is 4.34 Å². The molecule has 8 heteroatoms. The predicted molar refractivity (Wildman–Crippen MR) is 83.9 cm³/mol. The smallest absolute Gasteiger partial charge is 0.271 e. The van der Waals surface area contributed by atoms with Crippen LogP contribution in [0.2, 0.25) is 0 Å². The number of aryl methyl sites for hydroxylation is 1. The number of hydrogen-bond donors (Lipinski definition) is 1. The Morgan fingerprint density at radius 3 is 2.90 bits per heavy atom. The Hall–Kier alpha value is -1.93. The average molecular weight is 323 g/mol. The van der Waals surface area contributed by atoms with Crippen LogP contribution in [0.4, 0.5) is 11.4 Å². The second-order valence-corrected chi connectivity index (χ2v) is 6.76. The summed E-state index contributed by atoms with van der Waals surface area (Å²) < 4.78 is 0.828. The molecule has 0 bridgehead atoms. The summed E-state index contributed by atoms with van der Waals surface area (Å²) >= 11 is 2.85. The molecule has 6 nitrogen and oxygen atoms in total. The highest BCUT2D eigenvalue weighted by Gasteiger charge is 2.17. The van der Waals surface area contributed by atoms with Gasteiger partial charge in [-0.2, -0.15) is 0 Å². The van der Waals surface area contributed by atoms with Crippen LogP contribution in [-0.4, -0.2) is 21.1 Å². The number of thioether (sulfide) groups is 1. The first-order valence-corrected chi connectivity index (χ1v) is 7.86. The van der Waals surface area contributed by atoms with E-state index in [1.807, 2.05) is 12.3 Å². The van der Waals surface area contributed by atoms with Crippen LogP contribution in [0.15, 0.2) is 34.0 Å². The van der Waals surface area contributed by atoms with Crippen molar-refractivity contribution < 1.29 is 9.72 Å². The van der Waals surface area contributed by atoms with Crippen LogP contribution < -0.4 is 5.32 Å². The lowest BCUT2D eigenvalue weighted by atomic mass is 10.2. The van der Waals surface area contributed by atoms with Crippen LogP contribution in [-0.2, 0) is 4.79 Å². The molecule has 0 radical (unpaired) electrons. The quantitative estimate of drug-likeness (QED) is 0.517. The predicted octanol–water partition coefficient (Wildman–Crippen LogP) is 3.48. The van der Waals surface area contributed by atoms with E-state index in [1.165, 1.54) is 41.3 Å². The molecule has 2 rings (SSSR count). The van der Waals surface area contributed by atoms with Gasteiger partial charge in [0, 0.05) is 28.9 Å². The van der Waals surface area contributed by atoms with Gasteiger partial charge in [-0.15, -0.1) is 11.3 Å². The Morgan fingerprint density at radius 1 is 1.52 bits per heavy atom. The molecular formula is C13H13N3O3S2. The standard InChI is InChI=1S/C13H13N3O3S2/c1-8-7-20-13(14-8)21-9(2)12(17)15-10-4-3-5-11(6-10)16(18)19/h3-7,9H,1-2H3,(H,15,17)/t9-/m0/s1. The van der Waals surface area contributed by atoms with Crippen molar-refractivity contribution >= 4 is 40.4 Å². The topological polar surface area (TPSA) is 85.1 Å². The third kappa shape index (κ3) is 4.27. The molecule has 21 heavy (non-hydrogen) atoms. The monoisotopic (exact) mass is 323 g/mol. The van der Waals surface area contributed by atoms with E-state index in [0.717, 1.165) is 10.0 Å². The molecule has 110 valence electrons. The Labute approximate surface area is 129 Å². The number of nitrogens with zero attached hydrogens (tertiary/aromatic N) is 2. The maximum atomic E-state index is 12.1. The zero-order chi connectivity index (χ0) is 15.4. The number of aromatic nitrogens is 1. The molecule has 0 aliphatic carbocycles. The summed E-state index contributed by atoms with van der Waals surface area (Å²) in [6.45, 7) is 3.67. The molecule has 1 aromatic heterocycles. The lowest BCUT2D eigenvalue weighted by molar-refractivity contribution is -0.384. The maximum Gasteiger partial charge on any atom is 0.271 e. The number of thiazole rings is 1. The minimum absolute atomic E-state index is 0.0522. The maximum absolute atomic E-state index is 12.1. The molecule has 1 aromatic carbocycles. The molecule has 1 heterocycles. The molecule has 1 atom stereocenters. The van der Waals surface area contributed by atoms with Gasteiger partial charge in [0.05, 0.1) is 10.2 Å². The van der Waals surface area contributed by atoms with E-state index in [-0.39, 0.29) is 16.8 Å². The Balaban J connectivity index is 2.00. The van der Waals surface area contributed by atoms with Crippen LogP contribution in [0, 0.1) is 17.0 Å². The van der Waals surface area contributed by atoms with Crippen molar-refractivity contribution in [3.63, 3.8) is 0 Å². The summed E-state index contributed by atoms with van der Waals surface area (Å²) in [5.41, 5.74) is 1.29. The van der Waals surface area contributed by atoms with E-state index >= 15 is 0 Å². The third-order valence-corrected chi connectivity index (χ3v) is 4.76. The second kappa shape index (κ2) is 6.68. The van der Waals surface area contributed by atoms with Crippen molar-refractivity contribution in [3.8, 4) is 0 Å². The first-order chi connectivity index (χ1) is 9.95. The number of carbonyl (C=O) groups is 1. The number of benzene rings is 1. The van der Waals surface area contributed by atoms with E-state index in [9.17, 15) is 14.9 Å². The van der Waals surface area contributed by atoms with Crippen molar-refractivity contribution in [3.05, 3.63) is 45.5 Å². The van der Waals surface area contributed by atoms with Gasteiger partial charge in [-0.05, 0) is 19.9 Å². The summed E-state index contributed by atoms with van der Waals surface area (Å²) in [5.74, 6) is -0.214. The van der Waals surface area contributed by atoms with Gasteiger partial charge in [0.2, 0.25) is 5.91 Å². The lowest BCUT2D eigenvalue weighted by Crippen LogP contribution is -2.22. The highest BCUT2D eigenvalue weighted by Crippen LogP contribution is 2.27. The summed E-state index contributed by atoms with van der Waals surface area (Å²) in [5, 5.41) is 15.0. The molecule has 0 saturated heterocycles. The summed E-state index contributed by atoms with van der Waals surface area (Å²) in [4.78, 5) is 26.6. The summed E-state index contributed by atoms with van der Waals surface area (Å²) in [7, 11) is 0. The first kappa shape index (κ1) is 15.5. The van der Waals surface area contributed by atoms with Crippen molar-refractivity contribution in [1.82, 2.24) is 4.98 Å². The van der Waals surface area contributed by atoms with Crippen LogP contribution in [0.1, 0.15) is 12.6 Å². The van der Waals surface area contributed by atoms with Crippen molar-refractivity contribution in [2.45, 2.75) is 23.4 Å². The zero-order valence-electron chi connectivity index (χ0n) is 11.4. The fourth-order valence-corrected chi connectivity index (χ4v) is 3.52. The number of nitrogens with one attached hydrogen (secondary N) is 1. The van der Waals surface area contributed by atoms with Crippen molar-refractivity contribution in [2.75, 3.05) is 5.32 Å². The number of anilines is 1. The fraction of sp³-hybridized carbons (Fsp3) is 0.231. The molecule has 2 aromatic rings. The van der Waals surface area contributed by atoms with Gasteiger partial charge in [-0.3, -0.25) is 14.9 Å². The number of hydrogen-bond acceptors (Lipinski definition) is 6. The second-order valence-electron chi connectivity index (χ2n) is 4.31. The number of amides is 1. The van der Waals surface area contributed by atoms with E-state index in [4.69, 9.17) is 0 Å². The van der Waals surface area contributed by atoms with Crippen molar-refractivity contribution in [1.29, 1.82) is 0 Å². The molecule has 1 amide bonds. The fourth-order valence-electron chi connectivity index (χ4n) is 1.53. The van der Waals surface area contributed by atoms with E-state index in [0.29, 0.717) is 5.69 Å². The number of non-ortho nitro benzene ring substituents is 1. The van der Waals surface area contributed by atoms with Crippen LogP contribution in [0.5, 0.6) is 0 Å². The van der Waals surface area contributed by atoms with Gasteiger partial charge in [-0.25, -0.2) is 4.98 Å². The molecule has 1 N–H and O–H groups in total. The molecule has 0 aliphatic heterocycles. The SMILES string of the molecule is Cc1csc(S[C@@H](C)C(=O)Nc2cccc([N+](=O)[O-])c2)n1. The number of nitro benzene ring substituents is 1. The van der Waals surface area contributed by atoms with Crippen LogP contribution in [0.25, 0.3) is 0 Å². The number of nitro groups is 1. The Bertz CT molecular complexity index is 672. The normalized spacial score (nSPS) is 11.9. The minimum Gasteiger partial charge on any atom is -0.325 e. The van der Waals surface area contributed by atoms with Gasteiger partial charge in [0.1, 0.15) is 0 Å². The van der Waals surface area contributed by atoms with E-state index in [1.54, 1.807) is 13.0 Å². The third-order valence-electron chi connectivity index (χ3n) is 2.57. The molecule has 0 unspecified atom stereocenters. The highest BCUT2D eigenvalue weighted by atomic mass is 32.2. The lowest BCUT2D eigenvalue weighted by Gasteiger charge is -2.10. The molecule has 0 spiro atoms. The first-order valence-electron chi connectivity index (χ1n) is 6.10. The highest BCUT2D eigenvalue weighted by molar-refractivity contribution is 8.02. The number of rotatable bonds is 5. The Morgan fingerprint density at radius 2 is 2.29 bits per heavy atom. The van der Waals surface area contributed by atoms with Gasteiger partial charge in [0.25, 0.3) is 5.69 Å². The summed E-state index contributed by atoms with van der Waals surface area (Å²) in [6, 6.07) is 5.88. The van der Waals surface area contributed by atoms with Gasteiger partial charge >= 0.3 is 0 Å². The van der Waals surface area contributed by atoms with Gasteiger partial charge in [-0.1, -0.05) is 17.8 Å². The van der Waals surface area contributed by atoms with Crippen LogP contribution >= 0.6 is 23.1 Å². The number of carbonyl (C=O) groups excluding carboxylic acids is 1. The zero-order valence-corrected chi connectivity index (χ0v) is 13.0. The largest absolute Gasteiger partial charge is 0.325 e. The minimum atomic E-state index is -0.494. The molecular weight excluding hydrogens is 310 g/mol. The van der Waals surface area contributed by atoms with Crippen molar-refractivity contribution in [2.24, 2.45) is 0 Å². The molecule has 0 fully saturated rings. The van der Waals surface area contributed by atoms with E-state index < -0.39 is 4.92 Å². The average Bonchev–Trinajstić information content (AvgIpc) is 2.84. The molecule has 0 saturated carbocycles. The van der Waals surface area contributed by atoms with E-state index in [2.05, 4.69) is 10.3 Å². The van der Waals surface area contributed by atoms with Gasteiger partial charge < -0.3 is 5.32 Å².